The molecule has 15 atom stereocenters. The fourth-order valence-corrected chi connectivity index (χ4v) is 32.7. The molecule has 0 aromatic rings. The zero-order chi connectivity index (χ0) is 100. The Morgan fingerprint density at radius 1 is 0.386 bits per heavy atom. The van der Waals surface area contributed by atoms with Crippen LogP contribution in [0, 0.1) is 205 Å². The van der Waals surface area contributed by atoms with Gasteiger partial charge in [0.25, 0.3) is 0 Å². The van der Waals surface area contributed by atoms with Crippen molar-refractivity contribution in [2.45, 2.75) is 412 Å². The van der Waals surface area contributed by atoms with Gasteiger partial charge in [0.05, 0.1) is 37.5 Å². The Balaban J connectivity index is 0.000000236. The van der Waals surface area contributed by atoms with Gasteiger partial charge in [0.15, 0.2) is 34.7 Å². The van der Waals surface area contributed by atoms with Crippen molar-refractivity contribution in [3.63, 3.8) is 0 Å². The van der Waals surface area contributed by atoms with Gasteiger partial charge in [-0.1, -0.05) is 273 Å². The maximum Gasteiger partial charge on any atom is 0.226 e. The van der Waals surface area contributed by atoms with Crippen LogP contribution in [0.1, 0.15) is 327 Å². The number of rotatable bonds is 5. The molecule has 0 radical (unpaired) electrons. The number of carbonyl (C=O) groups excluding carboxylic acids is 7. The van der Waals surface area contributed by atoms with E-state index in [9.17, 15) is 44.1 Å². The first kappa shape index (κ1) is 119. The van der Waals surface area contributed by atoms with Gasteiger partial charge in [0.1, 0.15) is 56.0 Å². The summed E-state index contributed by atoms with van der Waals surface area (Å²) in [6.07, 6.45) is 51.9. The normalized spacial score (nSPS) is 34.5. The van der Waals surface area contributed by atoms with Crippen molar-refractivity contribution in [1.82, 2.24) is 0 Å². The summed E-state index contributed by atoms with van der Waals surface area (Å²) in [5, 5.41) is 18.8. The standard InChI is InChI=1S/C25H28N2O2Si.C25H40O2Si.C23H34O2Si.C23H36OSi.C22H20N2O2.5CH4/c1-23(2)20-9-11-25(10-8-12-30(5,6)7)14-17(16-26)19(28)13-21(25)24(20,3)15-18(27-4)22(23)29;1-22(2)20-11-14-24(13-9-19-28(4,5)6)12-8-7-10-21(24)23(20,3)15-16-25(22)26-17-18-27-25;1-21(2)18-9-14-23(11-7-15-26(4,5)6)13-8-17(24)16-19(23)22(18,3)12-10-20(21)25;1-21(2)18-11-16-23(14-9-17-25(4,5)6)13-8-7-10-19(23)22(18,3)15-12-20(21)24;1-6-8-22-9-7-17-20(2,3)19(26)15(24-5)12-21(17,4)18(22)10-16(25)14(11-22)13-23;;;;;/h13-15,20H,9-11H2,1-3,5-7H3;10,20H,7-8,11-18H2,1-6H3;16,18H,8-14H2,1-6H3;10,18H,7-8,11-16H2,1-6H3;1,10-12,17H,7-9H2,2-4H3;5*1H4/t20-,24-,25-;20-,23-,24-;18-,22-,23+;18-,22-,23-;17-,21-,22-;;;;;/m00000...../s1. The number of hydrogen-bond acceptors (Lipinski definition) is 11. The summed E-state index contributed by atoms with van der Waals surface area (Å²) in [5.41, 5.74) is 18.3. The minimum atomic E-state index is -1.57. The summed E-state index contributed by atoms with van der Waals surface area (Å²) >= 11 is 0. The second-order valence-corrected chi connectivity index (χ2v) is 70.8. The largest absolute Gasteiger partial charge is 0.347 e. The van der Waals surface area contributed by atoms with E-state index in [1.807, 2.05) is 59.8 Å². The lowest BCUT2D eigenvalue weighted by Gasteiger charge is -2.64. The lowest BCUT2D eigenvalue weighted by atomic mass is 9.42. The molecule has 9 fully saturated rings. The van der Waals surface area contributed by atoms with Crippen LogP contribution >= 0.6 is 0 Å². The molecule has 0 N–H and O–H groups in total. The highest BCUT2D eigenvalue weighted by atomic mass is 28.3. The molecule has 13 nitrogen and oxygen atoms in total. The lowest BCUT2D eigenvalue weighted by molar-refractivity contribution is -0.285. The molecule has 0 amide bonds. The van der Waals surface area contributed by atoms with Gasteiger partial charge in [0.2, 0.25) is 11.4 Å². The van der Waals surface area contributed by atoms with Gasteiger partial charge in [-0.05, 0) is 204 Å². The van der Waals surface area contributed by atoms with Crippen LogP contribution in [0.5, 0.6) is 0 Å². The highest BCUT2D eigenvalue weighted by molar-refractivity contribution is 6.85. The third-order valence-corrected chi connectivity index (χ3v) is 40.4. The van der Waals surface area contributed by atoms with Gasteiger partial charge in [0, 0.05) is 123 Å². The number of ketones is 7. The van der Waals surface area contributed by atoms with Crippen LogP contribution < -0.4 is 0 Å². The fraction of sp³-hybridized carbons (Fsp3) is 0.683. The fourth-order valence-electron chi connectivity index (χ4n) is 30.2. The summed E-state index contributed by atoms with van der Waals surface area (Å²) in [5.74, 6) is 18.2. The smallest absolute Gasteiger partial charge is 0.226 e. The van der Waals surface area contributed by atoms with Crippen LogP contribution in [0.2, 0.25) is 78.6 Å². The molecular weight excluding hydrogens is 1790 g/mol. The Morgan fingerprint density at radius 2 is 0.729 bits per heavy atom. The first-order valence-electron chi connectivity index (χ1n) is 51.0. The van der Waals surface area contributed by atoms with Crippen molar-refractivity contribution in [2.24, 2.45) is 111 Å². The average Bonchev–Trinajstić information content (AvgIpc) is 0.945. The number of fused-ring (bicyclic) bond motifs is 15. The summed E-state index contributed by atoms with van der Waals surface area (Å²) in [4.78, 5) is 95.4. The van der Waals surface area contributed by atoms with Crippen LogP contribution in [-0.4, -0.2) is 91.8 Å². The highest BCUT2D eigenvalue weighted by Gasteiger charge is 2.69. The maximum absolute atomic E-state index is 12.9. The van der Waals surface area contributed by atoms with Crippen LogP contribution in [-0.2, 0) is 43.0 Å². The SMILES string of the molecule is C.C.C.C.C.CC1(C)C(=O)CC[C@]2(C)C3=CC(=O)CC[C@]3(CC#C[Si](C)(C)C)CC[C@@H]12.CC1(C)C(=O)CC[C@]2(C)C3=CCCC[C@]3(CC#C[Si](C)(C)C)CC[C@@H]12.CC1(C)[C@@H]2CC[C@@]3(CC#C[Si](C)(C)C)CCCC=C3[C@@]2(C)CCC12OCCO2.[C-]#[N+]C1=C[C@]2(C)C3=CC(=O)C(C#N)=C[C@]3(CC#C)CC[C@H]2C(C)(C)C1=O.[C-]#[N+]C1=C[C@]2(C)C3=CC(=O)C(C#N)=C[C@]3(CC#C[Si](C)(C)C)CC[C@H]2C(C)(C)C1=O. The van der Waals surface area contributed by atoms with Crippen molar-refractivity contribution in [3.8, 4) is 70.3 Å². The molecule has 0 aromatic heterocycles. The van der Waals surface area contributed by atoms with E-state index >= 15 is 0 Å². The predicted molar refractivity (Wildman–Crippen MR) is 587 cm³/mol. The Hall–Kier alpha value is -8.10. The van der Waals surface area contributed by atoms with E-state index in [1.54, 1.807) is 35.5 Å². The number of ether oxygens (including phenoxy) is 2. The Kier molecular flexibility index (Phi) is 35.5. The maximum atomic E-state index is 12.9. The molecule has 0 aromatic carbocycles. The van der Waals surface area contributed by atoms with Crippen LogP contribution in [0.3, 0.4) is 0 Å². The predicted octanol–water partition coefficient (Wildman–Crippen LogP) is 29.8. The number of terminal acetylenes is 1. The van der Waals surface area contributed by atoms with Crippen LogP contribution in [0.15, 0.2) is 105 Å². The lowest BCUT2D eigenvalue weighted by Crippen LogP contribution is -2.62. The number of carbonyl (C=O) groups is 7. The van der Waals surface area contributed by atoms with Crippen molar-refractivity contribution >= 4 is 72.8 Å². The molecule has 140 heavy (non-hydrogen) atoms. The zero-order valence-corrected chi connectivity index (χ0v) is 91.5. The van der Waals surface area contributed by atoms with E-state index < -0.39 is 64.8 Å². The van der Waals surface area contributed by atoms with E-state index in [2.05, 4.69) is 221 Å². The molecule has 1 aliphatic heterocycles. The van der Waals surface area contributed by atoms with E-state index in [4.69, 9.17) is 29.0 Å². The van der Waals surface area contributed by atoms with Crippen LogP contribution in [0.4, 0.5) is 0 Å². The topological polar surface area (TPSA) is 194 Å². The number of nitriles is 2. The molecule has 17 heteroatoms. The first-order chi connectivity index (χ1) is 62.4. The van der Waals surface area contributed by atoms with Gasteiger partial charge < -0.3 is 19.1 Å². The molecule has 16 rings (SSSR count). The minimum absolute atomic E-state index is 0. The summed E-state index contributed by atoms with van der Waals surface area (Å²) in [6, 6.07) is 4.03. The quantitative estimate of drug-likeness (QED) is 0.110. The molecular formula is C123H178N4O9Si4. The number of Topliss-reactive ketones (excluding diaryl/α,β-unsaturated/α-hetero) is 4. The van der Waals surface area contributed by atoms with Gasteiger partial charge in [-0.3, -0.25) is 24.0 Å². The Labute approximate surface area is 854 Å². The van der Waals surface area contributed by atoms with E-state index in [0.29, 0.717) is 72.3 Å². The van der Waals surface area contributed by atoms with Crippen molar-refractivity contribution in [1.29, 1.82) is 10.5 Å². The average molecular weight is 1970 g/mol. The number of nitrogens with zero attached hydrogens (tertiary/aromatic N) is 4. The molecule has 1 heterocycles. The highest BCUT2D eigenvalue weighted by Crippen LogP contribution is 2.73. The second kappa shape index (κ2) is 41.8. The molecule has 16 aliphatic rings. The van der Waals surface area contributed by atoms with Crippen molar-refractivity contribution in [2.75, 3.05) is 13.2 Å². The molecule has 1 saturated heterocycles. The molecule has 0 bridgehead atoms. The Morgan fingerprint density at radius 3 is 1.09 bits per heavy atom. The monoisotopic (exact) mass is 1970 g/mol. The van der Waals surface area contributed by atoms with Gasteiger partial charge in [-0.2, -0.15) is 10.5 Å². The summed E-state index contributed by atoms with van der Waals surface area (Å²) in [7, 11) is -5.59. The second-order valence-electron chi connectivity index (χ2n) is 51.8. The zero-order valence-electron chi connectivity index (χ0n) is 87.5. The molecule has 0 unspecified atom stereocenters. The minimum Gasteiger partial charge on any atom is -0.347 e. The van der Waals surface area contributed by atoms with Gasteiger partial charge in [-0.25, -0.2) is 9.69 Å². The molecule has 760 valence electrons. The number of hydrogen-bond donors (Lipinski definition) is 0. The third-order valence-electron chi connectivity index (χ3n) is 36.7. The van der Waals surface area contributed by atoms with Gasteiger partial charge >= 0.3 is 0 Å². The van der Waals surface area contributed by atoms with Crippen molar-refractivity contribution in [3.05, 3.63) is 128 Å². The molecule has 8 saturated carbocycles. The summed E-state index contributed by atoms with van der Waals surface area (Å²) < 4.78 is 12.6. The Bertz CT molecular complexity index is 5720. The van der Waals surface area contributed by atoms with Gasteiger partial charge in [-0.15, -0.1) is 58.2 Å². The number of allylic oxidation sites excluding steroid dienone is 18. The molecule has 1 spiro atoms. The first-order valence-corrected chi connectivity index (χ1v) is 65.0. The van der Waals surface area contributed by atoms with E-state index in [-0.39, 0.29) is 144 Å². The van der Waals surface area contributed by atoms with Crippen LogP contribution in [0.25, 0.3) is 9.69 Å². The third kappa shape index (κ3) is 21.5. The summed E-state index contributed by atoms with van der Waals surface area (Å²) in [6.45, 7) is 76.5. The van der Waals surface area contributed by atoms with Crippen molar-refractivity contribution < 1.29 is 43.0 Å². The van der Waals surface area contributed by atoms with E-state index in [1.165, 1.54) is 82.3 Å². The molecule has 15 aliphatic carbocycles. The van der Waals surface area contributed by atoms with E-state index in [0.717, 1.165) is 108 Å².